The van der Waals surface area contributed by atoms with Gasteiger partial charge in [0.2, 0.25) is 0 Å². The summed E-state index contributed by atoms with van der Waals surface area (Å²) in [7, 11) is 0. The quantitative estimate of drug-likeness (QED) is 0.771. The molecule has 1 heterocycles. The van der Waals surface area contributed by atoms with Crippen LogP contribution in [0.15, 0.2) is 22.8 Å². The lowest BCUT2D eigenvalue weighted by Gasteiger charge is -2.13. The molecular weight excluding hydrogens is 302 g/mol. The Morgan fingerprint density at radius 3 is 2.78 bits per heavy atom. The van der Waals surface area contributed by atoms with Gasteiger partial charge in [0.15, 0.2) is 0 Å². The molecule has 1 unspecified atom stereocenters. The van der Waals surface area contributed by atoms with Gasteiger partial charge in [0, 0.05) is 17.2 Å². The van der Waals surface area contributed by atoms with Crippen molar-refractivity contribution in [3.05, 3.63) is 28.5 Å². The first kappa shape index (κ1) is 14.4. The topological polar surface area (TPSA) is 91.3 Å². The molecule has 6 nitrogen and oxygen atoms in total. The van der Waals surface area contributed by atoms with E-state index in [2.05, 4.69) is 31.5 Å². The fourth-order valence-corrected chi connectivity index (χ4v) is 1.48. The normalized spacial score (nSPS) is 11.7. The number of halogens is 1. The Kier molecular flexibility index (Phi) is 5.57. The van der Waals surface area contributed by atoms with Gasteiger partial charge < -0.3 is 15.7 Å². The summed E-state index contributed by atoms with van der Waals surface area (Å²) < 4.78 is 0.865. The zero-order valence-corrected chi connectivity index (χ0v) is 11.4. The van der Waals surface area contributed by atoms with Crippen molar-refractivity contribution in [3.63, 3.8) is 0 Å². The minimum Gasteiger partial charge on any atom is -0.481 e. The molecule has 7 heteroatoms. The molecule has 0 saturated heterocycles. The van der Waals surface area contributed by atoms with E-state index in [0.29, 0.717) is 0 Å². The Bertz CT molecular complexity index is 422. The van der Waals surface area contributed by atoms with Gasteiger partial charge in [0.1, 0.15) is 0 Å². The molecule has 1 aromatic heterocycles. The van der Waals surface area contributed by atoms with Crippen molar-refractivity contribution < 1.29 is 14.7 Å². The number of pyridine rings is 1. The van der Waals surface area contributed by atoms with E-state index in [1.807, 2.05) is 6.07 Å². The number of urea groups is 1. The number of carbonyl (C=O) groups excluding carboxylic acids is 1. The van der Waals surface area contributed by atoms with Crippen molar-refractivity contribution in [2.75, 3.05) is 6.54 Å². The highest BCUT2D eigenvalue weighted by Crippen LogP contribution is 2.12. The fourth-order valence-electron chi connectivity index (χ4n) is 1.25. The lowest BCUT2D eigenvalue weighted by molar-refractivity contribution is -0.136. The molecule has 1 aromatic rings. The number of aliphatic carboxylic acids is 1. The molecule has 98 valence electrons. The summed E-state index contributed by atoms with van der Waals surface area (Å²) in [4.78, 5) is 25.8. The molecule has 0 aromatic carbocycles. The van der Waals surface area contributed by atoms with Crippen LogP contribution >= 0.6 is 15.9 Å². The molecule has 0 fully saturated rings. The minimum absolute atomic E-state index is 0.0989. The SMILES string of the molecule is CC(NC(=O)NCCC(=O)O)c1ccc(Br)cn1. The van der Waals surface area contributed by atoms with Crippen LogP contribution in [0.1, 0.15) is 25.1 Å². The number of aromatic nitrogens is 1. The molecule has 1 rings (SSSR count). The van der Waals surface area contributed by atoms with E-state index in [9.17, 15) is 9.59 Å². The maximum absolute atomic E-state index is 11.4. The Morgan fingerprint density at radius 2 is 2.22 bits per heavy atom. The molecule has 0 saturated carbocycles. The Morgan fingerprint density at radius 1 is 1.50 bits per heavy atom. The van der Waals surface area contributed by atoms with Crippen LogP contribution in [-0.4, -0.2) is 28.6 Å². The second-order valence-electron chi connectivity index (χ2n) is 3.67. The first-order valence-corrected chi connectivity index (χ1v) is 6.16. The van der Waals surface area contributed by atoms with Crippen molar-refractivity contribution in [3.8, 4) is 0 Å². The first-order valence-electron chi connectivity index (χ1n) is 5.36. The van der Waals surface area contributed by atoms with Crippen LogP contribution in [0.3, 0.4) is 0 Å². The van der Waals surface area contributed by atoms with E-state index in [1.54, 1.807) is 19.2 Å². The molecule has 2 amide bonds. The van der Waals surface area contributed by atoms with Gasteiger partial charge in [-0.3, -0.25) is 9.78 Å². The Labute approximate surface area is 113 Å². The van der Waals surface area contributed by atoms with Gasteiger partial charge in [-0.15, -0.1) is 0 Å². The Balaban J connectivity index is 2.39. The van der Waals surface area contributed by atoms with Gasteiger partial charge in [-0.1, -0.05) is 0 Å². The van der Waals surface area contributed by atoms with Crippen LogP contribution in [0, 0.1) is 0 Å². The number of nitrogens with zero attached hydrogens (tertiary/aromatic N) is 1. The molecule has 0 aliphatic rings. The van der Waals surface area contributed by atoms with Crippen LogP contribution < -0.4 is 10.6 Å². The van der Waals surface area contributed by atoms with Crippen LogP contribution in [0.4, 0.5) is 4.79 Å². The second kappa shape index (κ2) is 6.95. The highest BCUT2D eigenvalue weighted by atomic mass is 79.9. The number of nitrogens with one attached hydrogen (secondary N) is 2. The van der Waals surface area contributed by atoms with Crippen molar-refractivity contribution in [1.82, 2.24) is 15.6 Å². The highest BCUT2D eigenvalue weighted by molar-refractivity contribution is 9.10. The third-order valence-corrected chi connectivity index (χ3v) is 2.64. The van der Waals surface area contributed by atoms with E-state index in [0.717, 1.165) is 10.2 Å². The lowest BCUT2D eigenvalue weighted by atomic mass is 10.2. The summed E-state index contributed by atoms with van der Waals surface area (Å²) >= 11 is 3.28. The fraction of sp³-hybridized carbons (Fsp3) is 0.364. The first-order chi connectivity index (χ1) is 8.49. The van der Waals surface area contributed by atoms with Crippen LogP contribution in [0.5, 0.6) is 0 Å². The van der Waals surface area contributed by atoms with Crippen LogP contribution in [0.25, 0.3) is 0 Å². The standard InChI is InChI=1S/C11H14BrN3O3/c1-7(9-3-2-8(12)6-14-9)15-11(18)13-5-4-10(16)17/h2-3,6-7H,4-5H2,1H3,(H,16,17)(H2,13,15,18). The number of hydrogen-bond donors (Lipinski definition) is 3. The summed E-state index contributed by atoms with van der Waals surface area (Å²) in [6.07, 6.45) is 1.55. The summed E-state index contributed by atoms with van der Waals surface area (Å²) in [5, 5.41) is 13.6. The number of carboxylic acid groups (broad SMARTS) is 1. The van der Waals surface area contributed by atoms with Gasteiger partial charge in [0.05, 0.1) is 18.2 Å². The number of carboxylic acids is 1. The molecule has 0 aliphatic heterocycles. The summed E-state index contributed by atoms with van der Waals surface area (Å²) in [5.74, 6) is -0.946. The Hall–Kier alpha value is -1.63. The zero-order valence-electron chi connectivity index (χ0n) is 9.81. The molecule has 18 heavy (non-hydrogen) atoms. The maximum atomic E-state index is 11.4. The van der Waals surface area contributed by atoms with Gasteiger partial charge in [-0.05, 0) is 35.0 Å². The van der Waals surface area contributed by atoms with E-state index < -0.39 is 12.0 Å². The highest BCUT2D eigenvalue weighted by Gasteiger charge is 2.10. The average Bonchev–Trinajstić information content (AvgIpc) is 2.29. The van der Waals surface area contributed by atoms with Gasteiger partial charge in [-0.2, -0.15) is 0 Å². The number of carbonyl (C=O) groups is 2. The van der Waals surface area contributed by atoms with Crippen molar-refractivity contribution in [1.29, 1.82) is 0 Å². The third-order valence-electron chi connectivity index (χ3n) is 2.17. The molecule has 0 aliphatic carbocycles. The summed E-state index contributed by atoms with van der Waals surface area (Å²) in [6.45, 7) is 1.90. The van der Waals surface area contributed by atoms with Crippen molar-refractivity contribution >= 4 is 27.9 Å². The number of rotatable bonds is 5. The monoisotopic (exact) mass is 315 g/mol. The molecule has 0 radical (unpaired) electrons. The van der Waals surface area contributed by atoms with E-state index in [4.69, 9.17) is 5.11 Å². The summed E-state index contributed by atoms with van der Waals surface area (Å²) in [6, 6.07) is 2.98. The predicted molar refractivity (Wildman–Crippen MR) is 69.1 cm³/mol. The summed E-state index contributed by atoms with van der Waals surface area (Å²) in [5.41, 5.74) is 0.728. The van der Waals surface area contributed by atoms with Crippen LogP contribution in [0.2, 0.25) is 0 Å². The van der Waals surface area contributed by atoms with E-state index in [1.165, 1.54) is 0 Å². The maximum Gasteiger partial charge on any atom is 0.315 e. The third kappa shape index (κ3) is 5.13. The molecule has 3 N–H and O–H groups in total. The second-order valence-corrected chi connectivity index (χ2v) is 4.58. The zero-order chi connectivity index (χ0) is 13.5. The number of amides is 2. The lowest BCUT2D eigenvalue weighted by Crippen LogP contribution is -2.38. The number of hydrogen-bond acceptors (Lipinski definition) is 3. The van der Waals surface area contributed by atoms with Gasteiger partial charge in [0.25, 0.3) is 0 Å². The largest absolute Gasteiger partial charge is 0.481 e. The van der Waals surface area contributed by atoms with Gasteiger partial charge in [-0.25, -0.2) is 4.79 Å². The smallest absolute Gasteiger partial charge is 0.315 e. The molecule has 0 spiro atoms. The van der Waals surface area contributed by atoms with E-state index >= 15 is 0 Å². The molecule has 1 atom stereocenters. The average molecular weight is 316 g/mol. The van der Waals surface area contributed by atoms with Crippen molar-refractivity contribution in [2.45, 2.75) is 19.4 Å². The molecule has 0 bridgehead atoms. The minimum atomic E-state index is -0.946. The molecular formula is C11H14BrN3O3. The van der Waals surface area contributed by atoms with Gasteiger partial charge >= 0.3 is 12.0 Å². The van der Waals surface area contributed by atoms with Crippen LogP contribution in [-0.2, 0) is 4.79 Å². The van der Waals surface area contributed by atoms with E-state index in [-0.39, 0.29) is 19.0 Å². The predicted octanol–water partition coefficient (Wildman–Crippen LogP) is 1.68. The van der Waals surface area contributed by atoms with Crippen molar-refractivity contribution in [2.24, 2.45) is 0 Å².